The Hall–Kier alpha value is -2.68. The number of nitrogens with zero attached hydrogens (tertiary/aromatic N) is 1. The molecule has 3 heteroatoms. The Balaban J connectivity index is 1.58. The summed E-state index contributed by atoms with van der Waals surface area (Å²) in [5.41, 5.74) is 8.13. The maximum atomic E-state index is 13.5. The van der Waals surface area contributed by atoms with Gasteiger partial charge in [0, 0.05) is 22.5 Å². The van der Waals surface area contributed by atoms with E-state index in [0.29, 0.717) is 0 Å². The van der Waals surface area contributed by atoms with Crippen molar-refractivity contribution in [1.82, 2.24) is 4.98 Å². The molecule has 4 aromatic rings. The highest BCUT2D eigenvalue weighted by molar-refractivity contribution is 6.10. The number of hydrogen-bond acceptors (Lipinski definition) is 2. The molecular weight excluding hydrogens is 385 g/mol. The van der Waals surface area contributed by atoms with Crippen molar-refractivity contribution in [2.75, 3.05) is 0 Å². The van der Waals surface area contributed by atoms with Gasteiger partial charge in [0.2, 0.25) is 0 Å². The second kappa shape index (κ2) is 7.78. The number of rotatable bonds is 3. The molecule has 1 fully saturated rings. The summed E-state index contributed by atoms with van der Waals surface area (Å²) in [6, 6.07) is 11.0. The molecule has 31 heavy (non-hydrogen) atoms. The molecule has 6 rings (SSSR count). The van der Waals surface area contributed by atoms with E-state index >= 15 is 0 Å². The number of fused-ring (bicyclic) bond motifs is 4. The Bertz CT molecular complexity index is 1250. The summed E-state index contributed by atoms with van der Waals surface area (Å²) in [6.07, 6.45) is 14.8. The van der Waals surface area contributed by atoms with E-state index in [0.717, 1.165) is 40.1 Å². The zero-order valence-corrected chi connectivity index (χ0v) is 17.9. The smallest absolute Gasteiger partial charge is 0.161 e. The molecule has 158 valence electrons. The van der Waals surface area contributed by atoms with Gasteiger partial charge in [0.1, 0.15) is 17.1 Å². The maximum absolute atomic E-state index is 13.5. The summed E-state index contributed by atoms with van der Waals surface area (Å²) < 4.78 is 20.0. The van der Waals surface area contributed by atoms with Crippen LogP contribution in [0.3, 0.4) is 0 Å². The van der Waals surface area contributed by atoms with Gasteiger partial charge in [0.25, 0.3) is 0 Å². The van der Waals surface area contributed by atoms with Gasteiger partial charge in [0.15, 0.2) is 5.58 Å². The van der Waals surface area contributed by atoms with Crippen LogP contribution >= 0.6 is 0 Å². The molecule has 0 spiro atoms. The van der Waals surface area contributed by atoms with Crippen molar-refractivity contribution >= 4 is 21.9 Å². The van der Waals surface area contributed by atoms with Gasteiger partial charge >= 0.3 is 0 Å². The van der Waals surface area contributed by atoms with E-state index in [1.165, 1.54) is 86.4 Å². The fraction of sp³-hybridized carbons (Fsp3) is 0.393. The first-order valence-corrected chi connectivity index (χ1v) is 11.9. The van der Waals surface area contributed by atoms with Crippen molar-refractivity contribution in [1.29, 1.82) is 0 Å². The van der Waals surface area contributed by atoms with Crippen LogP contribution in [0.15, 0.2) is 47.0 Å². The zero-order chi connectivity index (χ0) is 20.8. The van der Waals surface area contributed by atoms with Crippen molar-refractivity contribution in [2.24, 2.45) is 5.92 Å². The van der Waals surface area contributed by atoms with E-state index in [4.69, 9.17) is 4.42 Å². The fourth-order valence-corrected chi connectivity index (χ4v) is 5.92. The number of furan rings is 1. The lowest BCUT2D eigenvalue weighted by molar-refractivity contribution is 0.356. The monoisotopic (exact) mass is 413 g/mol. The SMILES string of the molecule is Fc1ccc(-c2nccc3c2oc2cc4c(c(CC5CCCCC5)c23)CCCC4)cc1. The summed E-state index contributed by atoms with van der Waals surface area (Å²) in [5.74, 6) is 0.553. The highest BCUT2D eigenvalue weighted by atomic mass is 19.1. The number of pyridine rings is 1. The number of hydrogen-bond donors (Lipinski definition) is 0. The first-order chi connectivity index (χ1) is 15.3. The molecule has 0 saturated heterocycles. The third kappa shape index (κ3) is 3.35. The normalized spacial score (nSPS) is 17.3. The number of aromatic nitrogens is 1. The maximum Gasteiger partial charge on any atom is 0.161 e. The largest absolute Gasteiger partial charge is 0.454 e. The quantitative estimate of drug-likeness (QED) is 0.342. The third-order valence-electron chi connectivity index (χ3n) is 7.45. The molecule has 2 nitrogen and oxygen atoms in total. The first kappa shape index (κ1) is 19.0. The third-order valence-corrected chi connectivity index (χ3v) is 7.45. The van der Waals surface area contributed by atoms with Gasteiger partial charge < -0.3 is 4.42 Å². The van der Waals surface area contributed by atoms with E-state index < -0.39 is 0 Å². The number of halogens is 1. The van der Waals surface area contributed by atoms with Crippen molar-refractivity contribution in [3.8, 4) is 11.3 Å². The Morgan fingerprint density at radius 1 is 0.935 bits per heavy atom. The van der Waals surface area contributed by atoms with Crippen LogP contribution in [-0.4, -0.2) is 4.98 Å². The molecule has 0 aliphatic heterocycles. The molecule has 2 aliphatic carbocycles. The zero-order valence-electron chi connectivity index (χ0n) is 17.9. The minimum atomic E-state index is -0.233. The van der Waals surface area contributed by atoms with Crippen LogP contribution in [0.5, 0.6) is 0 Å². The van der Waals surface area contributed by atoms with Crippen molar-refractivity contribution in [3.05, 3.63) is 65.1 Å². The Labute approximate surface area is 182 Å². The van der Waals surface area contributed by atoms with Crippen LogP contribution in [0.2, 0.25) is 0 Å². The minimum absolute atomic E-state index is 0.233. The molecule has 0 bridgehead atoms. The lowest BCUT2D eigenvalue weighted by Gasteiger charge is -2.26. The van der Waals surface area contributed by atoms with Crippen LogP contribution in [-0.2, 0) is 19.3 Å². The van der Waals surface area contributed by atoms with Crippen molar-refractivity contribution < 1.29 is 8.81 Å². The second-order valence-electron chi connectivity index (χ2n) is 9.43. The highest BCUT2D eigenvalue weighted by Crippen LogP contribution is 2.42. The van der Waals surface area contributed by atoms with Crippen LogP contribution in [0, 0.1) is 11.7 Å². The summed E-state index contributed by atoms with van der Waals surface area (Å²) in [5, 5.41) is 2.45. The molecule has 1 saturated carbocycles. The second-order valence-corrected chi connectivity index (χ2v) is 9.43. The number of benzene rings is 2. The van der Waals surface area contributed by atoms with E-state index in [1.54, 1.807) is 17.7 Å². The van der Waals surface area contributed by atoms with E-state index in [9.17, 15) is 4.39 Å². The number of aryl methyl sites for hydroxylation is 1. The van der Waals surface area contributed by atoms with Gasteiger partial charge in [-0.05, 0) is 91.1 Å². The summed E-state index contributed by atoms with van der Waals surface area (Å²) in [4.78, 5) is 4.63. The van der Waals surface area contributed by atoms with Gasteiger partial charge in [-0.3, -0.25) is 4.98 Å². The van der Waals surface area contributed by atoms with Gasteiger partial charge in [-0.2, -0.15) is 0 Å². The lowest BCUT2D eigenvalue weighted by Crippen LogP contribution is -2.13. The molecule has 2 aromatic heterocycles. The van der Waals surface area contributed by atoms with E-state index in [2.05, 4.69) is 17.1 Å². The van der Waals surface area contributed by atoms with Crippen LogP contribution in [0.4, 0.5) is 4.39 Å². The first-order valence-electron chi connectivity index (χ1n) is 11.9. The van der Waals surface area contributed by atoms with Crippen molar-refractivity contribution in [2.45, 2.75) is 64.2 Å². The average molecular weight is 414 g/mol. The standard InChI is InChI=1S/C28H28FNO/c29-21-12-10-19(11-13-21)27-28-23(14-15-30-27)26-24(16-18-6-2-1-3-7-18)22-9-5-4-8-20(22)17-25(26)31-28/h10-15,17-18H,1-9,16H2. The molecule has 2 aromatic carbocycles. The molecule has 0 N–H and O–H groups in total. The van der Waals surface area contributed by atoms with Crippen LogP contribution in [0.1, 0.15) is 61.6 Å². The van der Waals surface area contributed by atoms with Crippen molar-refractivity contribution in [3.63, 3.8) is 0 Å². The topological polar surface area (TPSA) is 26.0 Å². The van der Waals surface area contributed by atoms with Gasteiger partial charge in [0.05, 0.1) is 0 Å². The van der Waals surface area contributed by atoms with Gasteiger partial charge in [-0.25, -0.2) is 4.39 Å². The van der Waals surface area contributed by atoms with Crippen LogP contribution in [0.25, 0.3) is 33.2 Å². The minimum Gasteiger partial charge on any atom is -0.454 e. The molecule has 0 amide bonds. The van der Waals surface area contributed by atoms with E-state index in [1.807, 2.05) is 6.20 Å². The summed E-state index contributed by atoms with van der Waals surface area (Å²) >= 11 is 0. The fourth-order valence-electron chi connectivity index (χ4n) is 5.92. The molecule has 0 atom stereocenters. The van der Waals surface area contributed by atoms with Crippen LogP contribution < -0.4 is 0 Å². The average Bonchev–Trinajstić information content (AvgIpc) is 3.18. The predicted molar refractivity (Wildman–Crippen MR) is 124 cm³/mol. The Kier molecular flexibility index (Phi) is 4.78. The highest BCUT2D eigenvalue weighted by Gasteiger charge is 2.25. The molecular formula is C28H28FNO. The Morgan fingerprint density at radius 3 is 2.58 bits per heavy atom. The molecule has 2 aliphatic rings. The summed E-state index contributed by atoms with van der Waals surface area (Å²) in [6.45, 7) is 0. The molecule has 0 radical (unpaired) electrons. The summed E-state index contributed by atoms with van der Waals surface area (Å²) in [7, 11) is 0. The predicted octanol–water partition coefficient (Wildman–Crippen LogP) is 7.79. The van der Waals surface area contributed by atoms with Gasteiger partial charge in [-0.15, -0.1) is 0 Å². The molecule has 2 heterocycles. The lowest BCUT2D eigenvalue weighted by atomic mass is 9.79. The molecule has 0 unspecified atom stereocenters. The van der Waals surface area contributed by atoms with E-state index in [-0.39, 0.29) is 5.82 Å². The van der Waals surface area contributed by atoms with Gasteiger partial charge in [-0.1, -0.05) is 32.1 Å². The Morgan fingerprint density at radius 2 is 1.74 bits per heavy atom.